The Morgan fingerprint density at radius 2 is 2.00 bits per heavy atom. The third-order valence-electron chi connectivity index (χ3n) is 2.58. The van der Waals surface area contributed by atoms with Crippen molar-refractivity contribution in [1.29, 1.82) is 0 Å². The number of hydrogen-bond donors (Lipinski definition) is 2. The van der Waals surface area contributed by atoms with E-state index in [1.54, 1.807) is 6.07 Å². The van der Waals surface area contributed by atoms with Crippen LogP contribution in [0.5, 0.6) is 0 Å². The molecular formula is C11H18FN3. The maximum Gasteiger partial charge on any atom is 0.148 e. The number of hydrogen-bond acceptors (Lipinski definition) is 3. The Morgan fingerprint density at radius 1 is 1.40 bits per heavy atom. The molecule has 4 N–H and O–H groups in total. The van der Waals surface area contributed by atoms with Gasteiger partial charge in [0.1, 0.15) is 5.82 Å². The van der Waals surface area contributed by atoms with Gasteiger partial charge in [-0.2, -0.15) is 0 Å². The van der Waals surface area contributed by atoms with Crippen molar-refractivity contribution in [2.24, 2.45) is 5.73 Å². The van der Waals surface area contributed by atoms with Crippen molar-refractivity contribution in [3.8, 4) is 0 Å². The van der Waals surface area contributed by atoms with Crippen LogP contribution >= 0.6 is 0 Å². The largest absolute Gasteiger partial charge is 0.398 e. The molecule has 0 aromatic heterocycles. The molecule has 3 nitrogen and oxygen atoms in total. The van der Waals surface area contributed by atoms with E-state index in [0.717, 1.165) is 5.56 Å². The molecule has 84 valence electrons. The molecule has 0 radical (unpaired) electrons. The third-order valence-corrected chi connectivity index (χ3v) is 2.58. The normalized spacial score (nSPS) is 10.8. The van der Waals surface area contributed by atoms with Crippen LogP contribution in [-0.2, 0) is 6.54 Å². The van der Waals surface area contributed by atoms with Crippen molar-refractivity contribution in [3.05, 3.63) is 23.5 Å². The molecule has 0 amide bonds. The lowest BCUT2D eigenvalue weighted by Crippen LogP contribution is -2.27. The van der Waals surface area contributed by atoms with Crippen LogP contribution in [0.15, 0.2) is 12.1 Å². The van der Waals surface area contributed by atoms with Gasteiger partial charge in [0, 0.05) is 25.3 Å². The summed E-state index contributed by atoms with van der Waals surface area (Å²) in [6, 6.07) is 3.27. The Balaban J connectivity index is 3.18. The average molecular weight is 211 g/mol. The minimum absolute atomic E-state index is 0.230. The molecule has 0 aliphatic rings. The smallest absolute Gasteiger partial charge is 0.148 e. The molecule has 4 heteroatoms. The van der Waals surface area contributed by atoms with Crippen molar-refractivity contribution in [2.45, 2.75) is 26.4 Å². The number of halogens is 1. The molecule has 0 atom stereocenters. The third kappa shape index (κ3) is 2.39. The fraction of sp³-hybridized carbons (Fsp3) is 0.455. The van der Waals surface area contributed by atoms with Gasteiger partial charge in [0.05, 0.1) is 5.69 Å². The highest BCUT2D eigenvalue weighted by molar-refractivity contribution is 5.59. The van der Waals surface area contributed by atoms with Gasteiger partial charge in [-0.3, -0.25) is 0 Å². The van der Waals surface area contributed by atoms with Gasteiger partial charge in [-0.1, -0.05) is 0 Å². The van der Waals surface area contributed by atoms with Gasteiger partial charge in [-0.05, 0) is 31.5 Å². The van der Waals surface area contributed by atoms with E-state index in [0.29, 0.717) is 17.9 Å². The molecule has 1 aromatic rings. The summed E-state index contributed by atoms with van der Waals surface area (Å²) >= 11 is 0. The summed E-state index contributed by atoms with van der Waals surface area (Å²) in [7, 11) is 1.85. The van der Waals surface area contributed by atoms with E-state index in [1.165, 1.54) is 6.07 Å². The maximum absolute atomic E-state index is 13.6. The lowest BCUT2D eigenvalue weighted by atomic mass is 10.1. The van der Waals surface area contributed by atoms with Crippen molar-refractivity contribution in [1.82, 2.24) is 0 Å². The van der Waals surface area contributed by atoms with E-state index in [1.807, 2.05) is 25.8 Å². The van der Waals surface area contributed by atoms with E-state index < -0.39 is 0 Å². The lowest BCUT2D eigenvalue weighted by molar-refractivity contribution is 0.613. The Bertz CT molecular complexity index is 350. The second-order valence-electron chi connectivity index (χ2n) is 3.91. The van der Waals surface area contributed by atoms with Gasteiger partial charge in [0.15, 0.2) is 0 Å². The molecule has 15 heavy (non-hydrogen) atoms. The molecule has 0 aliphatic carbocycles. The standard InChI is InChI=1S/C11H18FN3/c1-7(2)15(3)11-4-8(6-13)10(14)5-9(11)12/h4-5,7H,6,13-14H2,1-3H3. The topological polar surface area (TPSA) is 55.3 Å². The first-order valence-electron chi connectivity index (χ1n) is 4.98. The van der Waals surface area contributed by atoms with Crippen molar-refractivity contribution in [3.63, 3.8) is 0 Å². The first kappa shape index (κ1) is 11.8. The first-order chi connectivity index (χ1) is 6.97. The van der Waals surface area contributed by atoms with Gasteiger partial charge in [-0.25, -0.2) is 4.39 Å². The van der Waals surface area contributed by atoms with Crippen molar-refractivity contribution in [2.75, 3.05) is 17.7 Å². The van der Waals surface area contributed by atoms with Crippen LogP contribution in [0.1, 0.15) is 19.4 Å². The number of anilines is 2. The molecule has 0 saturated carbocycles. The summed E-state index contributed by atoms with van der Waals surface area (Å²) < 4.78 is 13.6. The predicted molar refractivity (Wildman–Crippen MR) is 62.2 cm³/mol. The van der Waals surface area contributed by atoms with E-state index in [4.69, 9.17) is 11.5 Å². The molecule has 0 heterocycles. The summed E-state index contributed by atoms with van der Waals surface area (Å²) in [4.78, 5) is 1.86. The highest BCUT2D eigenvalue weighted by Crippen LogP contribution is 2.25. The SMILES string of the molecule is CC(C)N(C)c1cc(CN)c(N)cc1F. The van der Waals surface area contributed by atoms with Gasteiger partial charge in [0.25, 0.3) is 0 Å². The average Bonchev–Trinajstić information content (AvgIpc) is 2.17. The van der Waals surface area contributed by atoms with Crippen LogP contribution in [-0.4, -0.2) is 13.1 Å². The molecule has 0 unspecified atom stereocenters. The molecule has 0 bridgehead atoms. The minimum atomic E-state index is -0.305. The van der Waals surface area contributed by atoms with Crippen LogP contribution < -0.4 is 16.4 Å². The summed E-state index contributed by atoms with van der Waals surface area (Å²) in [6.45, 7) is 4.32. The predicted octanol–water partition coefficient (Wildman–Crippen LogP) is 1.71. The summed E-state index contributed by atoms with van der Waals surface area (Å²) in [5.74, 6) is -0.305. The zero-order valence-electron chi connectivity index (χ0n) is 9.42. The van der Waals surface area contributed by atoms with Crippen LogP contribution in [0.25, 0.3) is 0 Å². The fourth-order valence-corrected chi connectivity index (χ4v) is 1.35. The van der Waals surface area contributed by atoms with Gasteiger partial charge < -0.3 is 16.4 Å². The molecule has 0 saturated heterocycles. The Morgan fingerprint density at radius 3 is 2.47 bits per heavy atom. The van der Waals surface area contributed by atoms with Gasteiger partial charge in [0.2, 0.25) is 0 Å². The van der Waals surface area contributed by atoms with E-state index in [2.05, 4.69) is 0 Å². The maximum atomic E-state index is 13.6. The molecule has 0 fully saturated rings. The molecule has 0 spiro atoms. The Kier molecular flexibility index (Phi) is 3.52. The van der Waals surface area contributed by atoms with Crippen LogP contribution in [0, 0.1) is 5.82 Å². The minimum Gasteiger partial charge on any atom is -0.398 e. The fourth-order valence-electron chi connectivity index (χ4n) is 1.35. The summed E-state index contributed by atoms with van der Waals surface area (Å²) in [6.07, 6.45) is 0. The van der Waals surface area contributed by atoms with E-state index in [9.17, 15) is 4.39 Å². The molecular weight excluding hydrogens is 193 g/mol. The highest BCUT2D eigenvalue weighted by atomic mass is 19.1. The Hall–Kier alpha value is -1.29. The molecule has 1 rings (SSSR count). The first-order valence-corrected chi connectivity index (χ1v) is 4.98. The number of nitrogens with zero attached hydrogens (tertiary/aromatic N) is 1. The quantitative estimate of drug-likeness (QED) is 0.748. The number of nitrogens with two attached hydrogens (primary N) is 2. The molecule has 0 aliphatic heterocycles. The number of rotatable bonds is 3. The van der Waals surface area contributed by atoms with Crippen LogP contribution in [0.3, 0.4) is 0 Å². The second-order valence-corrected chi connectivity index (χ2v) is 3.91. The lowest BCUT2D eigenvalue weighted by Gasteiger charge is -2.25. The number of nitrogen functional groups attached to an aromatic ring is 1. The monoisotopic (exact) mass is 211 g/mol. The van der Waals surface area contributed by atoms with Crippen LogP contribution in [0.4, 0.5) is 15.8 Å². The van der Waals surface area contributed by atoms with Gasteiger partial charge >= 0.3 is 0 Å². The highest BCUT2D eigenvalue weighted by Gasteiger charge is 2.12. The second kappa shape index (κ2) is 4.49. The van der Waals surface area contributed by atoms with Gasteiger partial charge in [-0.15, -0.1) is 0 Å². The zero-order chi connectivity index (χ0) is 11.6. The molecule has 1 aromatic carbocycles. The number of benzene rings is 1. The summed E-state index contributed by atoms with van der Waals surface area (Å²) in [5.41, 5.74) is 12.9. The van der Waals surface area contributed by atoms with E-state index >= 15 is 0 Å². The van der Waals surface area contributed by atoms with Crippen molar-refractivity contribution >= 4 is 11.4 Å². The Labute approximate surface area is 89.9 Å². The van der Waals surface area contributed by atoms with Crippen LogP contribution in [0.2, 0.25) is 0 Å². The zero-order valence-corrected chi connectivity index (χ0v) is 9.42. The van der Waals surface area contributed by atoms with Crippen molar-refractivity contribution < 1.29 is 4.39 Å². The van der Waals surface area contributed by atoms with E-state index in [-0.39, 0.29) is 11.9 Å². The summed E-state index contributed by atoms with van der Waals surface area (Å²) in [5, 5.41) is 0.